The molecule has 0 atom stereocenters. The Morgan fingerprint density at radius 2 is 2.18 bits per heavy atom. The SMILES string of the molecule is N#Cc1ccc(CNc2c(F)cccc2Br)s1. The molecule has 0 unspecified atom stereocenters. The van der Waals surface area contributed by atoms with Crippen LogP contribution >= 0.6 is 27.3 Å². The first-order valence-corrected chi connectivity index (χ1v) is 6.48. The zero-order valence-electron chi connectivity index (χ0n) is 8.71. The van der Waals surface area contributed by atoms with Crippen LogP contribution in [0.2, 0.25) is 0 Å². The first-order valence-electron chi connectivity index (χ1n) is 4.87. The van der Waals surface area contributed by atoms with Gasteiger partial charge in [-0.25, -0.2) is 4.39 Å². The van der Waals surface area contributed by atoms with Gasteiger partial charge in [0.25, 0.3) is 0 Å². The molecule has 2 aromatic rings. The molecule has 0 aliphatic carbocycles. The zero-order chi connectivity index (χ0) is 12.3. The molecule has 86 valence electrons. The van der Waals surface area contributed by atoms with Crippen LogP contribution in [0.15, 0.2) is 34.8 Å². The van der Waals surface area contributed by atoms with E-state index in [1.807, 2.05) is 6.07 Å². The number of nitriles is 1. The van der Waals surface area contributed by atoms with Gasteiger partial charge >= 0.3 is 0 Å². The second kappa shape index (κ2) is 5.30. The van der Waals surface area contributed by atoms with E-state index in [1.54, 1.807) is 18.2 Å². The van der Waals surface area contributed by atoms with E-state index in [0.29, 0.717) is 21.6 Å². The average Bonchev–Trinajstić information content (AvgIpc) is 2.76. The van der Waals surface area contributed by atoms with Crippen molar-refractivity contribution >= 4 is 33.0 Å². The molecule has 1 N–H and O–H groups in total. The van der Waals surface area contributed by atoms with Crippen molar-refractivity contribution in [2.75, 3.05) is 5.32 Å². The monoisotopic (exact) mass is 310 g/mol. The van der Waals surface area contributed by atoms with Crippen molar-refractivity contribution in [3.05, 3.63) is 50.4 Å². The molecule has 0 radical (unpaired) electrons. The van der Waals surface area contributed by atoms with Gasteiger partial charge in [0.05, 0.1) is 5.69 Å². The lowest BCUT2D eigenvalue weighted by atomic mass is 10.3. The van der Waals surface area contributed by atoms with Gasteiger partial charge in [-0.1, -0.05) is 6.07 Å². The third-order valence-electron chi connectivity index (χ3n) is 2.17. The minimum absolute atomic E-state index is 0.295. The van der Waals surface area contributed by atoms with Gasteiger partial charge in [0.1, 0.15) is 16.8 Å². The van der Waals surface area contributed by atoms with Gasteiger partial charge in [-0.05, 0) is 40.2 Å². The average molecular weight is 311 g/mol. The van der Waals surface area contributed by atoms with Crippen molar-refractivity contribution in [1.82, 2.24) is 0 Å². The molecule has 1 aromatic heterocycles. The Kier molecular flexibility index (Phi) is 3.77. The zero-order valence-corrected chi connectivity index (χ0v) is 11.1. The topological polar surface area (TPSA) is 35.8 Å². The summed E-state index contributed by atoms with van der Waals surface area (Å²) in [6.45, 7) is 0.506. The van der Waals surface area contributed by atoms with Gasteiger partial charge in [-0.15, -0.1) is 11.3 Å². The molecule has 0 aliphatic rings. The summed E-state index contributed by atoms with van der Waals surface area (Å²) in [6, 6.07) is 10.5. The molecule has 0 amide bonds. The molecule has 2 rings (SSSR count). The maximum absolute atomic E-state index is 13.5. The largest absolute Gasteiger partial charge is 0.377 e. The van der Waals surface area contributed by atoms with E-state index >= 15 is 0 Å². The molecular formula is C12H8BrFN2S. The van der Waals surface area contributed by atoms with Crippen LogP contribution in [0.3, 0.4) is 0 Å². The number of hydrogen-bond donors (Lipinski definition) is 1. The van der Waals surface area contributed by atoms with E-state index in [1.165, 1.54) is 17.4 Å². The smallest absolute Gasteiger partial charge is 0.147 e. The number of para-hydroxylation sites is 1. The predicted molar refractivity (Wildman–Crippen MR) is 70.5 cm³/mol. The molecule has 0 spiro atoms. The number of thiophene rings is 1. The fourth-order valence-corrected chi connectivity index (χ4v) is 2.60. The summed E-state index contributed by atoms with van der Waals surface area (Å²) in [6.07, 6.45) is 0. The van der Waals surface area contributed by atoms with E-state index in [2.05, 4.69) is 27.3 Å². The highest BCUT2D eigenvalue weighted by atomic mass is 79.9. The molecule has 1 aromatic carbocycles. The predicted octanol–water partition coefficient (Wildman–Crippen LogP) is 4.13. The van der Waals surface area contributed by atoms with Crippen LogP contribution in [0.4, 0.5) is 10.1 Å². The van der Waals surface area contributed by atoms with Gasteiger partial charge < -0.3 is 5.32 Å². The summed E-state index contributed by atoms with van der Waals surface area (Å²) >= 11 is 4.69. The fraction of sp³-hybridized carbons (Fsp3) is 0.0833. The number of benzene rings is 1. The molecule has 1 heterocycles. The quantitative estimate of drug-likeness (QED) is 0.925. The first kappa shape index (κ1) is 12.1. The lowest BCUT2D eigenvalue weighted by Gasteiger charge is -2.08. The Labute approximate surface area is 111 Å². The van der Waals surface area contributed by atoms with Gasteiger partial charge in [0.15, 0.2) is 0 Å². The molecule has 0 aliphatic heterocycles. The van der Waals surface area contributed by atoms with Crippen LogP contribution in [-0.4, -0.2) is 0 Å². The van der Waals surface area contributed by atoms with E-state index < -0.39 is 0 Å². The summed E-state index contributed by atoms with van der Waals surface area (Å²) in [5, 5.41) is 11.7. The van der Waals surface area contributed by atoms with Crippen LogP contribution in [0.1, 0.15) is 9.75 Å². The summed E-state index contributed by atoms with van der Waals surface area (Å²) in [5.74, 6) is -0.295. The molecule has 5 heteroatoms. The minimum Gasteiger partial charge on any atom is -0.377 e. The number of anilines is 1. The summed E-state index contributed by atoms with van der Waals surface area (Å²) in [5.41, 5.74) is 0.444. The second-order valence-corrected chi connectivity index (χ2v) is 5.35. The van der Waals surface area contributed by atoms with E-state index in [9.17, 15) is 4.39 Å². The van der Waals surface area contributed by atoms with Gasteiger partial charge in [0.2, 0.25) is 0 Å². The Hall–Kier alpha value is -1.38. The second-order valence-electron chi connectivity index (χ2n) is 3.33. The number of rotatable bonds is 3. The van der Waals surface area contributed by atoms with Crippen LogP contribution in [-0.2, 0) is 6.54 Å². The Balaban J connectivity index is 2.10. The number of halogens is 2. The summed E-state index contributed by atoms with van der Waals surface area (Å²) in [4.78, 5) is 1.66. The van der Waals surface area contributed by atoms with Crippen molar-refractivity contribution in [3.8, 4) is 6.07 Å². The van der Waals surface area contributed by atoms with Gasteiger partial charge in [-0.3, -0.25) is 0 Å². The van der Waals surface area contributed by atoms with E-state index in [4.69, 9.17) is 5.26 Å². The van der Waals surface area contributed by atoms with Crippen molar-refractivity contribution < 1.29 is 4.39 Å². The Morgan fingerprint density at radius 1 is 1.35 bits per heavy atom. The standard InChI is InChI=1S/C12H8BrFN2S/c13-10-2-1-3-11(14)12(10)16-7-9-5-4-8(6-15)17-9/h1-5,16H,7H2. The molecule has 0 saturated carbocycles. The highest BCUT2D eigenvalue weighted by molar-refractivity contribution is 9.10. The van der Waals surface area contributed by atoms with Crippen LogP contribution in [0, 0.1) is 17.1 Å². The highest BCUT2D eigenvalue weighted by Crippen LogP contribution is 2.26. The van der Waals surface area contributed by atoms with Crippen LogP contribution in [0.25, 0.3) is 0 Å². The minimum atomic E-state index is -0.295. The lowest BCUT2D eigenvalue weighted by molar-refractivity contribution is 0.629. The van der Waals surface area contributed by atoms with E-state index in [-0.39, 0.29) is 5.82 Å². The molecular weight excluding hydrogens is 303 g/mol. The Bertz CT molecular complexity index is 554. The van der Waals surface area contributed by atoms with Crippen molar-refractivity contribution in [2.24, 2.45) is 0 Å². The van der Waals surface area contributed by atoms with Gasteiger partial charge in [-0.2, -0.15) is 5.26 Å². The van der Waals surface area contributed by atoms with Crippen LogP contribution in [0.5, 0.6) is 0 Å². The van der Waals surface area contributed by atoms with Crippen molar-refractivity contribution in [1.29, 1.82) is 5.26 Å². The van der Waals surface area contributed by atoms with Gasteiger partial charge in [0, 0.05) is 15.9 Å². The highest BCUT2D eigenvalue weighted by Gasteiger charge is 2.06. The number of hydrogen-bond acceptors (Lipinski definition) is 3. The maximum Gasteiger partial charge on any atom is 0.147 e. The summed E-state index contributed by atoms with van der Waals surface area (Å²) in [7, 11) is 0. The normalized spacial score (nSPS) is 9.94. The van der Waals surface area contributed by atoms with Crippen LogP contribution < -0.4 is 5.32 Å². The lowest BCUT2D eigenvalue weighted by Crippen LogP contribution is -2.00. The number of nitrogens with one attached hydrogen (secondary N) is 1. The Morgan fingerprint density at radius 3 is 2.82 bits per heavy atom. The molecule has 0 fully saturated rings. The van der Waals surface area contributed by atoms with Crippen molar-refractivity contribution in [2.45, 2.75) is 6.54 Å². The molecule has 17 heavy (non-hydrogen) atoms. The van der Waals surface area contributed by atoms with Crippen molar-refractivity contribution in [3.63, 3.8) is 0 Å². The van der Waals surface area contributed by atoms with E-state index in [0.717, 1.165) is 4.88 Å². The summed E-state index contributed by atoms with van der Waals surface area (Å²) < 4.78 is 14.2. The fourth-order valence-electron chi connectivity index (χ4n) is 1.38. The molecule has 2 nitrogen and oxygen atoms in total. The molecule has 0 saturated heterocycles. The number of nitrogens with zero attached hydrogens (tertiary/aromatic N) is 1. The third-order valence-corrected chi connectivity index (χ3v) is 3.82. The third kappa shape index (κ3) is 2.84. The maximum atomic E-state index is 13.5. The first-order chi connectivity index (χ1) is 8.20. The molecule has 0 bridgehead atoms.